The van der Waals surface area contributed by atoms with Gasteiger partial charge in [-0.25, -0.2) is 4.79 Å². The van der Waals surface area contributed by atoms with Crippen molar-refractivity contribution in [2.75, 3.05) is 5.32 Å². The summed E-state index contributed by atoms with van der Waals surface area (Å²) in [6.45, 7) is 4.27. The number of amides is 3. The molecule has 0 aliphatic heterocycles. The molecule has 0 bridgehead atoms. The van der Waals surface area contributed by atoms with Crippen LogP contribution in [0.5, 0.6) is 0 Å². The van der Waals surface area contributed by atoms with Crippen molar-refractivity contribution in [3.63, 3.8) is 0 Å². The van der Waals surface area contributed by atoms with Gasteiger partial charge in [-0.1, -0.05) is 18.2 Å². The predicted octanol–water partition coefficient (Wildman–Crippen LogP) is 4.03. The summed E-state index contributed by atoms with van der Waals surface area (Å²) in [4.78, 5) is 24.1. The Kier molecular flexibility index (Phi) is 6.12. The largest absolute Gasteiger partial charge is 0.348 e. The van der Waals surface area contributed by atoms with E-state index in [1.165, 1.54) is 24.0 Å². The number of anilines is 1. The van der Waals surface area contributed by atoms with Crippen LogP contribution in [0.15, 0.2) is 42.5 Å². The first-order valence-corrected chi connectivity index (χ1v) is 9.58. The van der Waals surface area contributed by atoms with Crippen molar-refractivity contribution in [1.82, 2.24) is 10.6 Å². The van der Waals surface area contributed by atoms with Crippen LogP contribution in [0.4, 0.5) is 10.5 Å². The Morgan fingerprint density at radius 2 is 1.67 bits per heavy atom. The molecule has 3 rings (SSSR count). The molecule has 0 unspecified atom stereocenters. The topological polar surface area (TPSA) is 70.2 Å². The fourth-order valence-corrected chi connectivity index (χ4v) is 3.29. The lowest BCUT2D eigenvalue weighted by molar-refractivity contribution is 0.0950. The van der Waals surface area contributed by atoms with Crippen molar-refractivity contribution in [2.45, 2.75) is 52.1 Å². The van der Waals surface area contributed by atoms with Crippen LogP contribution in [-0.4, -0.2) is 18.0 Å². The molecule has 2 aromatic carbocycles. The summed E-state index contributed by atoms with van der Waals surface area (Å²) >= 11 is 0. The molecule has 3 N–H and O–H groups in total. The van der Waals surface area contributed by atoms with Crippen molar-refractivity contribution < 1.29 is 9.59 Å². The van der Waals surface area contributed by atoms with Gasteiger partial charge in [0.25, 0.3) is 5.91 Å². The van der Waals surface area contributed by atoms with Crippen LogP contribution in [-0.2, 0) is 19.4 Å². The minimum Gasteiger partial charge on any atom is -0.348 e. The van der Waals surface area contributed by atoms with Crippen LogP contribution < -0.4 is 16.0 Å². The minimum atomic E-state index is -0.224. The number of fused-ring (bicyclic) bond motifs is 1. The van der Waals surface area contributed by atoms with E-state index < -0.39 is 0 Å². The highest BCUT2D eigenvalue weighted by molar-refractivity contribution is 5.94. The van der Waals surface area contributed by atoms with Crippen molar-refractivity contribution in [3.05, 3.63) is 64.7 Å². The molecule has 3 amide bonds. The predicted molar refractivity (Wildman–Crippen MR) is 108 cm³/mol. The van der Waals surface area contributed by atoms with Crippen molar-refractivity contribution >= 4 is 17.6 Å². The molecule has 0 atom stereocenters. The smallest absolute Gasteiger partial charge is 0.319 e. The number of rotatable bonds is 5. The minimum absolute atomic E-state index is 0.0538. The van der Waals surface area contributed by atoms with Crippen molar-refractivity contribution in [2.24, 2.45) is 0 Å². The van der Waals surface area contributed by atoms with Gasteiger partial charge in [0.1, 0.15) is 0 Å². The van der Waals surface area contributed by atoms with Gasteiger partial charge >= 0.3 is 6.03 Å². The van der Waals surface area contributed by atoms with Gasteiger partial charge in [-0.15, -0.1) is 0 Å². The van der Waals surface area contributed by atoms with Gasteiger partial charge in [-0.3, -0.25) is 4.79 Å². The summed E-state index contributed by atoms with van der Waals surface area (Å²) in [5.74, 6) is -0.0538. The van der Waals surface area contributed by atoms with E-state index in [0.717, 1.165) is 29.7 Å². The Balaban J connectivity index is 1.53. The lowest BCUT2D eigenvalue weighted by Crippen LogP contribution is -2.34. The molecule has 0 spiro atoms. The van der Waals surface area contributed by atoms with E-state index in [0.29, 0.717) is 6.54 Å². The summed E-state index contributed by atoms with van der Waals surface area (Å²) in [6.07, 6.45) is 4.62. The van der Waals surface area contributed by atoms with Gasteiger partial charge in [-0.2, -0.15) is 0 Å². The number of hydrogen-bond donors (Lipinski definition) is 3. The Morgan fingerprint density at radius 3 is 2.37 bits per heavy atom. The molecule has 5 heteroatoms. The molecule has 0 fully saturated rings. The van der Waals surface area contributed by atoms with Crippen LogP contribution in [0.25, 0.3) is 0 Å². The summed E-state index contributed by atoms with van der Waals surface area (Å²) in [6, 6.07) is 13.4. The molecule has 0 saturated heterocycles. The molecule has 1 aliphatic carbocycles. The standard InChI is InChI=1S/C22H27N3O2/c1-15(2)24-22(27)25-20-11-7-16(8-12-20)14-23-21(26)19-10-9-17-5-3-4-6-18(17)13-19/h7-13,15H,3-6,14H2,1-2H3,(H,23,26)(H2,24,25,27). The Bertz CT molecular complexity index is 813. The zero-order valence-corrected chi connectivity index (χ0v) is 16.0. The SMILES string of the molecule is CC(C)NC(=O)Nc1ccc(CNC(=O)c2ccc3c(c2)CCCC3)cc1. The summed E-state index contributed by atoms with van der Waals surface area (Å²) in [5.41, 5.74) is 5.11. The van der Waals surface area contributed by atoms with Gasteiger partial charge in [0.05, 0.1) is 0 Å². The number of urea groups is 1. The lowest BCUT2D eigenvalue weighted by atomic mass is 9.90. The number of aryl methyl sites for hydroxylation is 2. The second-order valence-electron chi connectivity index (χ2n) is 7.32. The van der Waals surface area contributed by atoms with Crippen molar-refractivity contribution in [3.8, 4) is 0 Å². The first kappa shape index (κ1) is 19.0. The van der Waals surface area contributed by atoms with Gasteiger partial charge in [0.2, 0.25) is 0 Å². The van der Waals surface area contributed by atoms with E-state index in [4.69, 9.17) is 0 Å². The van der Waals surface area contributed by atoms with E-state index in [2.05, 4.69) is 22.0 Å². The van der Waals surface area contributed by atoms with Crippen LogP contribution in [0.1, 0.15) is 53.7 Å². The highest BCUT2D eigenvalue weighted by Crippen LogP contribution is 2.22. The zero-order valence-electron chi connectivity index (χ0n) is 16.0. The van der Waals surface area contributed by atoms with E-state index in [9.17, 15) is 9.59 Å². The Morgan fingerprint density at radius 1 is 0.963 bits per heavy atom. The number of nitrogens with one attached hydrogen (secondary N) is 3. The fourth-order valence-electron chi connectivity index (χ4n) is 3.29. The molecule has 0 radical (unpaired) electrons. The van der Waals surface area contributed by atoms with Gasteiger partial charge < -0.3 is 16.0 Å². The monoisotopic (exact) mass is 365 g/mol. The van der Waals surface area contributed by atoms with Crippen molar-refractivity contribution in [1.29, 1.82) is 0 Å². The molecule has 0 saturated carbocycles. The third-order valence-electron chi connectivity index (χ3n) is 4.70. The number of benzene rings is 2. The highest BCUT2D eigenvalue weighted by atomic mass is 16.2. The van der Waals surface area contributed by atoms with Crippen LogP contribution in [0.3, 0.4) is 0 Å². The molecular weight excluding hydrogens is 338 g/mol. The Hall–Kier alpha value is -2.82. The van der Waals surface area contributed by atoms with Gasteiger partial charge in [-0.05, 0) is 80.5 Å². The first-order chi connectivity index (χ1) is 13.0. The first-order valence-electron chi connectivity index (χ1n) is 9.58. The molecule has 2 aromatic rings. The van der Waals surface area contributed by atoms with E-state index >= 15 is 0 Å². The molecule has 5 nitrogen and oxygen atoms in total. The average Bonchev–Trinajstić information content (AvgIpc) is 2.66. The fraction of sp³-hybridized carbons (Fsp3) is 0.364. The summed E-state index contributed by atoms with van der Waals surface area (Å²) < 4.78 is 0. The third kappa shape index (κ3) is 5.33. The summed E-state index contributed by atoms with van der Waals surface area (Å²) in [7, 11) is 0. The summed E-state index contributed by atoms with van der Waals surface area (Å²) in [5, 5.41) is 8.53. The number of carbonyl (C=O) groups is 2. The molecular formula is C22H27N3O2. The van der Waals surface area contributed by atoms with Gasteiger partial charge in [0, 0.05) is 23.8 Å². The zero-order chi connectivity index (χ0) is 19.2. The van der Waals surface area contributed by atoms with E-state index in [1.54, 1.807) is 0 Å². The maximum atomic E-state index is 12.4. The van der Waals surface area contributed by atoms with E-state index in [-0.39, 0.29) is 18.0 Å². The molecule has 27 heavy (non-hydrogen) atoms. The van der Waals surface area contributed by atoms with Crippen LogP contribution in [0, 0.1) is 0 Å². The molecule has 0 heterocycles. The average molecular weight is 365 g/mol. The van der Waals surface area contributed by atoms with E-state index in [1.807, 2.05) is 50.2 Å². The van der Waals surface area contributed by atoms with Gasteiger partial charge in [0.15, 0.2) is 0 Å². The molecule has 1 aliphatic rings. The van der Waals surface area contributed by atoms with Crippen LogP contribution in [0.2, 0.25) is 0 Å². The second kappa shape index (κ2) is 8.71. The van der Waals surface area contributed by atoms with Crippen LogP contribution >= 0.6 is 0 Å². The number of hydrogen-bond acceptors (Lipinski definition) is 2. The maximum absolute atomic E-state index is 12.4. The second-order valence-corrected chi connectivity index (χ2v) is 7.32. The quantitative estimate of drug-likeness (QED) is 0.749. The normalized spacial score (nSPS) is 13.0. The Labute approximate surface area is 160 Å². The highest BCUT2D eigenvalue weighted by Gasteiger charge is 2.12. The molecule has 142 valence electrons. The maximum Gasteiger partial charge on any atom is 0.319 e. The third-order valence-corrected chi connectivity index (χ3v) is 4.70. The molecule has 0 aromatic heterocycles. The lowest BCUT2D eigenvalue weighted by Gasteiger charge is -2.16. The number of carbonyl (C=O) groups excluding carboxylic acids is 2.